The van der Waals surface area contributed by atoms with Crippen molar-refractivity contribution in [2.45, 2.75) is 0 Å². The van der Waals surface area contributed by atoms with Crippen molar-refractivity contribution >= 4 is 12.6 Å². The minimum absolute atomic E-state index is 0. The number of nitriles is 1. The SMILES string of the molecule is N#CS.[Cu].[H+]. The molecular weight excluding hydrogens is 122 g/mol. The van der Waals surface area contributed by atoms with Gasteiger partial charge in [-0.2, -0.15) is 5.26 Å². The molecule has 0 saturated carbocycles. The Morgan fingerprint density at radius 1 is 2.00 bits per heavy atom. The molecule has 27 valence electrons. The normalized spacial score (nSPS) is 2.00. The smallest absolute Gasteiger partial charge is 0.185 e. The van der Waals surface area contributed by atoms with Gasteiger partial charge >= 0.3 is 1.43 Å². The fraction of sp³-hybridized carbons (Fsp3) is 0. The molecule has 0 rings (SSSR count). The third-order valence-electron chi connectivity index (χ3n) is 0. The Kier molecular flexibility index (Phi) is 22.4. The molecule has 0 bridgehead atoms. The van der Waals surface area contributed by atoms with Crippen molar-refractivity contribution in [2.75, 3.05) is 0 Å². The van der Waals surface area contributed by atoms with Crippen LogP contribution in [0.1, 0.15) is 1.43 Å². The summed E-state index contributed by atoms with van der Waals surface area (Å²) in [5.74, 6) is 0. The Labute approximate surface area is 42.4 Å². The maximum atomic E-state index is 7.18. The van der Waals surface area contributed by atoms with Crippen molar-refractivity contribution in [2.24, 2.45) is 0 Å². The Balaban J connectivity index is -0.0000000200. The summed E-state index contributed by atoms with van der Waals surface area (Å²) < 4.78 is 0. The van der Waals surface area contributed by atoms with Gasteiger partial charge in [0, 0.05) is 17.1 Å². The molecule has 4 heavy (non-hydrogen) atoms. The van der Waals surface area contributed by atoms with E-state index in [0.717, 1.165) is 0 Å². The van der Waals surface area contributed by atoms with E-state index in [9.17, 15) is 0 Å². The number of thiocyanates is 1. The van der Waals surface area contributed by atoms with E-state index in [-0.39, 0.29) is 18.5 Å². The maximum Gasteiger partial charge on any atom is 1.00 e. The standard InChI is InChI=1S/CHNS.Cu/c2-1-3;/h3H;/p+1. The summed E-state index contributed by atoms with van der Waals surface area (Å²) in [4.78, 5) is 0. The first-order valence-electron chi connectivity index (χ1n) is 0.447. The molecule has 0 amide bonds. The van der Waals surface area contributed by atoms with Gasteiger partial charge in [0.2, 0.25) is 0 Å². The number of nitrogens with zero attached hydrogens (tertiary/aromatic N) is 1. The average molecular weight is 124 g/mol. The molecule has 0 aliphatic heterocycles. The first-order chi connectivity index (χ1) is 1.41. The van der Waals surface area contributed by atoms with Crippen LogP contribution >= 0.6 is 12.6 Å². The summed E-state index contributed by atoms with van der Waals surface area (Å²) in [5.41, 5.74) is 0. The Hall–Kier alpha value is 0.359. The molecule has 0 spiro atoms. The van der Waals surface area contributed by atoms with Gasteiger partial charge in [-0.05, 0) is 0 Å². The molecule has 0 aromatic heterocycles. The average Bonchev–Trinajstić information content (AvgIpc) is 0.918. The zero-order chi connectivity index (χ0) is 2.71. The zero-order valence-corrected chi connectivity index (χ0v) is 3.53. The monoisotopic (exact) mass is 123 g/mol. The van der Waals surface area contributed by atoms with Crippen LogP contribution in [0.25, 0.3) is 0 Å². The van der Waals surface area contributed by atoms with Gasteiger partial charge in [-0.15, -0.1) is 0 Å². The molecular formula is CH2CuNS+. The van der Waals surface area contributed by atoms with Crippen LogP contribution in [-0.4, -0.2) is 0 Å². The van der Waals surface area contributed by atoms with Gasteiger partial charge in [0.1, 0.15) is 5.40 Å². The van der Waals surface area contributed by atoms with Crippen molar-refractivity contribution in [3.63, 3.8) is 0 Å². The van der Waals surface area contributed by atoms with E-state index in [1.54, 1.807) is 0 Å². The van der Waals surface area contributed by atoms with Crippen LogP contribution in [0, 0.1) is 10.7 Å². The van der Waals surface area contributed by atoms with E-state index in [0.29, 0.717) is 0 Å². The van der Waals surface area contributed by atoms with E-state index < -0.39 is 0 Å². The summed E-state index contributed by atoms with van der Waals surface area (Å²) in [6, 6.07) is 0. The summed E-state index contributed by atoms with van der Waals surface area (Å²) in [5, 5.41) is 8.63. The predicted molar refractivity (Wildman–Crippen MR) is 15.7 cm³/mol. The van der Waals surface area contributed by atoms with Crippen LogP contribution in [0.5, 0.6) is 0 Å². The molecule has 0 unspecified atom stereocenters. The van der Waals surface area contributed by atoms with Gasteiger partial charge < -0.3 is 0 Å². The maximum absolute atomic E-state index is 7.18. The van der Waals surface area contributed by atoms with E-state index in [1.807, 2.05) is 0 Å². The van der Waals surface area contributed by atoms with Crippen molar-refractivity contribution in [1.82, 2.24) is 0 Å². The molecule has 0 atom stereocenters. The summed E-state index contributed by atoms with van der Waals surface area (Å²) >= 11 is 3.09. The van der Waals surface area contributed by atoms with E-state index in [4.69, 9.17) is 5.26 Å². The van der Waals surface area contributed by atoms with Gasteiger partial charge in [0.05, 0.1) is 0 Å². The third-order valence-corrected chi connectivity index (χ3v) is 0. The predicted octanol–water partition coefficient (Wildman–Crippen LogP) is 0.507. The Morgan fingerprint density at radius 2 is 2.00 bits per heavy atom. The molecule has 3 heteroatoms. The third kappa shape index (κ3) is 33.7. The molecule has 1 nitrogen and oxygen atoms in total. The van der Waals surface area contributed by atoms with Crippen LogP contribution in [0.3, 0.4) is 0 Å². The zero-order valence-electron chi connectivity index (χ0n) is 2.70. The minimum Gasteiger partial charge on any atom is -0.185 e. The summed E-state index contributed by atoms with van der Waals surface area (Å²) in [6.07, 6.45) is 0. The quantitative estimate of drug-likeness (QED) is 0.283. The fourth-order valence-electron chi connectivity index (χ4n) is 0. The van der Waals surface area contributed by atoms with E-state index in [2.05, 4.69) is 12.6 Å². The molecule has 0 aliphatic rings. The van der Waals surface area contributed by atoms with Crippen LogP contribution in [0.4, 0.5) is 0 Å². The molecule has 0 aliphatic carbocycles. The van der Waals surface area contributed by atoms with Crippen molar-refractivity contribution in [3.8, 4) is 5.40 Å². The van der Waals surface area contributed by atoms with Crippen LogP contribution in [0.2, 0.25) is 0 Å². The number of hydrogen-bond donors (Lipinski definition) is 1. The van der Waals surface area contributed by atoms with Gasteiger partial charge in [-0.1, -0.05) is 12.6 Å². The first kappa shape index (κ1) is 8.84. The first-order valence-corrected chi connectivity index (χ1v) is 0.894. The second kappa shape index (κ2) is 10.1. The topological polar surface area (TPSA) is 23.8 Å². The van der Waals surface area contributed by atoms with Gasteiger partial charge in [0.25, 0.3) is 0 Å². The number of thiol groups is 1. The molecule has 0 heterocycles. The number of rotatable bonds is 0. The van der Waals surface area contributed by atoms with Crippen molar-refractivity contribution in [1.29, 1.82) is 5.26 Å². The molecule has 0 fully saturated rings. The van der Waals surface area contributed by atoms with E-state index in [1.165, 1.54) is 5.40 Å². The fourth-order valence-corrected chi connectivity index (χ4v) is 0. The second-order valence-electron chi connectivity index (χ2n) is 0.100. The van der Waals surface area contributed by atoms with Crippen LogP contribution < -0.4 is 0 Å². The molecule has 0 aromatic rings. The number of hydrogen-bond acceptors (Lipinski definition) is 2. The molecule has 1 radical (unpaired) electrons. The molecule has 0 aromatic carbocycles. The minimum atomic E-state index is 0. The molecule has 0 saturated heterocycles. The van der Waals surface area contributed by atoms with Crippen molar-refractivity contribution in [3.05, 3.63) is 0 Å². The Bertz CT molecular complexity index is 33.1. The van der Waals surface area contributed by atoms with Gasteiger partial charge in [-0.25, -0.2) is 0 Å². The van der Waals surface area contributed by atoms with Gasteiger partial charge in [0.15, 0.2) is 0 Å². The second-order valence-corrected chi connectivity index (χ2v) is 0.300. The largest absolute Gasteiger partial charge is 1.00 e. The van der Waals surface area contributed by atoms with Gasteiger partial charge in [-0.3, -0.25) is 0 Å². The Morgan fingerprint density at radius 3 is 2.00 bits per heavy atom. The summed E-state index contributed by atoms with van der Waals surface area (Å²) in [6.45, 7) is 0. The summed E-state index contributed by atoms with van der Waals surface area (Å²) in [7, 11) is 0. The molecule has 0 N–H and O–H groups in total. The van der Waals surface area contributed by atoms with Crippen LogP contribution in [-0.2, 0) is 17.1 Å². The van der Waals surface area contributed by atoms with E-state index >= 15 is 0 Å². The van der Waals surface area contributed by atoms with Crippen molar-refractivity contribution < 1.29 is 18.5 Å². The van der Waals surface area contributed by atoms with Crippen LogP contribution in [0.15, 0.2) is 0 Å².